The molecule has 2 saturated carbocycles. The largest absolute Gasteiger partial charge is 0.352 e. The highest BCUT2D eigenvalue weighted by Gasteiger charge is 2.38. The van der Waals surface area contributed by atoms with Gasteiger partial charge in [0.2, 0.25) is 0 Å². The zero-order chi connectivity index (χ0) is 16.4. The van der Waals surface area contributed by atoms with Crippen LogP contribution in [0.3, 0.4) is 0 Å². The Kier molecular flexibility index (Phi) is 4.88. The van der Waals surface area contributed by atoms with Gasteiger partial charge in [0.15, 0.2) is 0 Å². The maximum Gasteiger partial charge on any atom is 0.251 e. The van der Waals surface area contributed by atoms with E-state index in [1.165, 1.54) is 63.6 Å². The lowest BCUT2D eigenvalue weighted by Crippen LogP contribution is -2.27. The molecule has 3 fully saturated rings. The van der Waals surface area contributed by atoms with Crippen molar-refractivity contribution in [1.82, 2.24) is 10.2 Å². The summed E-state index contributed by atoms with van der Waals surface area (Å²) in [5.41, 5.74) is 2.11. The molecule has 1 amide bonds. The molecule has 1 saturated heterocycles. The molecule has 1 heterocycles. The second-order valence-corrected chi connectivity index (χ2v) is 8.16. The Labute approximate surface area is 145 Å². The highest BCUT2D eigenvalue weighted by Crippen LogP contribution is 2.49. The van der Waals surface area contributed by atoms with Crippen LogP contribution < -0.4 is 5.32 Å². The lowest BCUT2D eigenvalue weighted by molar-refractivity contribution is 0.0949. The van der Waals surface area contributed by atoms with Crippen molar-refractivity contribution in [3.8, 4) is 0 Å². The number of nitrogens with one attached hydrogen (secondary N) is 1. The first-order valence-corrected chi connectivity index (χ1v) is 9.87. The van der Waals surface area contributed by atoms with Crippen molar-refractivity contribution in [2.75, 3.05) is 19.6 Å². The van der Waals surface area contributed by atoms with Gasteiger partial charge in [-0.2, -0.15) is 0 Å². The fraction of sp³-hybridized carbons (Fsp3) is 0.667. The van der Waals surface area contributed by atoms with E-state index >= 15 is 0 Å². The van der Waals surface area contributed by atoms with Crippen LogP contribution in [0.25, 0.3) is 0 Å². The van der Waals surface area contributed by atoms with Crippen LogP contribution in [0.1, 0.15) is 60.9 Å². The number of carbonyl (C=O) groups excluding carboxylic acids is 1. The molecule has 0 spiro atoms. The molecule has 2 bridgehead atoms. The molecule has 1 aromatic carbocycles. The van der Waals surface area contributed by atoms with Gasteiger partial charge in [-0.3, -0.25) is 9.69 Å². The molecule has 1 aliphatic heterocycles. The van der Waals surface area contributed by atoms with E-state index in [4.69, 9.17) is 0 Å². The maximum atomic E-state index is 12.3. The Morgan fingerprint density at radius 3 is 2.54 bits per heavy atom. The van der Waals surface area contributed by atoms with Gasteiger partial charge in [0.05, 0.1) is 0 Å². The average Bonchev–Trinajstić information content (AvgIpc) is 3.33. The first kappa shape index (κ1) is 16.1. The Bertz CT molecular complexity index is 562. The lowest BCUT2D eigenvalue weighted by Gasteiger charge is -2.21. The van der Waals surface area contributed by atoms with Crippen LogP contribution >= 0.6 is 0 Å². The topological polar surface area (TPSA) is 32.3 Å². The van der Waals surface area contributed by atoms with E-state index in [-0.39, 0.29) is 5.91 Å². The minimum atomic E-state index is 0.0888. The molecule has 3 atom stereocenters. The van der Waals surface area contributed by atoms with Gasteiger partial charge in [-0.05, 0) is 87.1 Å². The zero-order valence-corrected chi connectivity index (χ0v) is 14.7. The molecule has 3 nitrogen and oxygen atoms in total. The van der Waals surface area contributed by atoms with E-state index in [1.54, 1.807) is 0 Å². The Hall–Kier alpha value is -1.35. The van der Waals surface area contributed by atoms with Crippen molar-refractivity contribution >= 4 is 5.91 Å². The lowest BCUT2D eigenvalue weighted by atomic mass is 9.86. The summed E-state index contributed by atoms with van der Waals surface area (Å²) < 4.78 is 0. The van der Waals surface area contributed by atoms with E-state index in [0.717, 1.165) is 36.4 Å². The zero-order valence-electron chi connectivity index (χ0n) is 14.7. The van der Waals surface area contributed by atoms with Crippen molar-refractivity contribution in [2.24, 2.45) is 17.8 Å². The van der Waals surface area contributed by atoms with Gasteiger partial charge in [-0.25, -0.2) is 0 Å². The minimum absolute atomic E-state index is 0.0888. The predicted octanol–water partition coefficient (Wildman–Crippen LogP) is 3.84. The summed E-state index contributed by atoms with van der Waals surface area (Å²) >= 11 is 0. The summed E-state index contributed by atoms with van der Waals surface area (Å²) in [4.78, 5) is 14.8. The molecule has 0 radical (unpaired) electrons. The molecular weight excluding hydrogens is 296 g/mol. The average molecular weight is 326 g/mol. The van der Waals surface area contributed by atoms with Crippen molar-refractivity contribution < 1.29 is 4.79 Å². The van der Waals surface area contributed by atoms with Crippen molar-refractivity contribution in [2.45, 2.75) is 51.5 Å². The summed E-state index contributed by atoms with van der Waals surface area (Å²) in [5.74, 6) is 2.91. The fourth-order valence-corrected chi connectivity index (χ4v) is 5.16. The summed E-state index contributed by atoms with van der Waals surface area (Å²) in [6, 6.07) is 8.20. The second-order valence-electron chi connectivity index (χ2n) is 8.16. The molecule has 0 aromatic heterocycles. The van der Waals surface area contributed by atoms with Crippen LogP contribution in [0.4, 0.5) is 0 Å². The Balaban J connectivity index is 1.22. The quantitative estimate of drug-likeness (QED) is 0.861. The van der Waals surface area contributed by atoms with Crippen molar-refractivity contribution in [1.29, 1.82) is 0 Å². The summed E-state index contributed by atoms with van der Waals surface area (Å²) in [7, 11) is 0. The molecule has 24 heavy (non-hydrogen) atoms. The summed E-state index contributed by atoms with van der Waals surface area (Å²) in [6.07, 6.45) is 9.56. The SMILES string of the molecule is O=C(NCCC1CC2CCC1C2)c1ccc(CN2CCCC2)cc1. The van der Waals surface area contributed by atoms with Gasteiger partial charge in [0.25, 0.3) is 5.91 Å². The number of carbonyl (C=O) groups is 1. The molecule has 3 unspecified atom stereocenters. The number of likely N-dealkylation sites (tertiary alicyclic amines) is 1. The van der Waals surface area contributed by atoms with E-state index in [9.17, 15) is 4.79 Å². The second kappa shape index (κ2) is 7.26. The summed E-state index contributed by atoms with van der Waals surface area (Å²) in [5, 5.41) is 3.13. The third kappa shape index (κ3) is 3.66. The maximum absolute atomic E-state index is 12.3. The number of benzene rings is 1. The fourth-order valence-electron chi connectivity index (χ4n) is 5.16. The predicted molar refractivity (Wildman–Crippen MR) is 96.8 cm³/mol. The number of fused-ring (bicyclic) bond motifs is 2. The van der Waals surface area contributed by atoms with E-state index in [2.05, 4.69) is 22.3 Å². The highest BCUT2D eigenvalue weighted by molar-refractivity contribution is 5.94. The normalized spacial score (nSPS) is 29.2. The number of rotatable bonds is 6. The molecule has 130 valence electrons. The van der Waals surface area contributed by atoms with Gasteiger partial charge in [-0.15, -0.1) is 0 Å². The number of hydrogen-bond acceptors (Lipinski definition) is 2. The summed E-state index contributed by atoms with van der Waals surface area (Å²) in [6.45, 7) is 4.28. The molecule has 2 aliphatic carbocycles. The van der Waals surface area contributed by atoms with Crippen molar-refractivity contribution in [3.63, 3.8) is 0 Å². The molecule has 1 aromatic rings. The van der Waals surface area contributed by atoms with E-state index < -0.39 is 0 Å². The van der Waals surface area contributed by atoms with Crippen LogP contribution in [0.2, 0.25) is 0 Å². The number of hydrogen-bond donors (Lipinski definition) is 1. The van der Waals surface area contributed by atoms with E-state index in [0.29, 0.717) is 0 Å². The van der Waals surface area contributed by atoms with Crippen LogP contribution in [0, 0.1) is 17.8 Å². The molecule has 3 heteroatoms. The first-order valence-electron chi connectivity index (χ1n) is 9.87. The standard InChI is InChI=1S/C21H30N2O/c24-21(22-10-9-20-14-17-5-8-19(20)13-17)18-6-3-16(4-7-18)15-23-11-1-2-12-23/h3-4,6-7,17,19-20H,1-2,5,8-15H2,(H,22,24). The minimum Gasteiger partial charge on any atom is -0.352 e. The van der Waals surface area contributed by atoms with E-state index in [1.807, 2.05) is 12.1 Å². The van der Waals surface area contributed by atoms with Gasteiger partial charge in [0.1, 0.15) is 0 Å². The number of nitrogens with zero attached hydrogens (tertiary/aromatic N) is 1. The van der Waals surface area contributed by atoms with Crippen LogP contribution in [0.15, 0.2) is 24.3 Å². The van der Waals surface area contributed by atoms with Gasteiger partial charge >= 0.3 is 0 Å². The molecule has 4 rings (SSSR count). The smallest absolute Gasteiger partial charge is 0.251 e. The molecule has 1 N–H and O–H groups in total. The van der Waals surface area contributed by atoms with Gasteiger partial charge in [0, 0.05) is 18.7 Å². The van der Waals surface area contributed by atoms with Crippen LogP contribution in [0.5, 0.6) is 0 Å². The first-order chi connectivity index (χ1) is 11.8. The molecule has 3 aliphatic rings. The Morgan fingerprint density at radius 1 is 1.08 bits per heavy atom. The van der Waals surface area contributed by atoms with Crippen LogP contribution in [-0.2, 0) is 6.54 Å². The van der Waals surface area contributed by atoms with Gasteiger partial charge < -0.3 is 5.32 Å². The third-order valence-electron chi connectivity index (χ3n) is 6.51. The number of amides is 1. The Morgan fingerprint density at radius 2 is 1.88 bits per heavy atom. The monoisotopic (exact) mass is 326 g/mol. The van der Waals surface area contributed by atoms with Gasteiger partial charge in [-0.1, -0.05) is 18.6 Å². The molecular formula is C21H30N2O. The third-order valence-corrected chi connectivity index (χ3v) is 6.51. The van der Waals surface area contributed by atoms with Crippen molar-refractivity contribution in [3.05, 3.63) is 35.4 Å². The highest BCUT2D eigenvalue weighted by atomic mass is 16.1. The van der Waals surface area contributed by atoms with Crippen LogP contribution in [-0.4, -0.2) is 30.4 Å².